The van der Waals surface area contributed by atoms with E-state index in [2.05, 4.69) is 221 Å². The molecule has 11 rings (SSSR count). The summed E-state index contributed by atoms with van der Waals surface area (Å²) in [5.74, 6) is 0. The second kappa shape index (κ2) is 12.8. The number of anilines is 3. The van der Waals surface area contributed by atoms with Gasteiger partial charge in [0.1, 0.15) is 0 Å². The maximum atomic E-state index is 2.59. The number of fused-ring (bicyclic) bond motifs is 11. The molecule has 0 saturated carbocycles. The fourth-order valence-electron chi connectivity index (χ4n) is 10.9. The Kier molecular flexibility index (Phi) is 7.67. The summed E-state index contributed by atoms with van der Waals surface area (Å²) in [6.45, 7) is 9.80. The Balaban J connectivity index is 1.27. The summed E-state index contributed by atoms with van der Waals surface area (Å²) in [5.41, 5.74) is 21.8. The number of hydrogen-bond donors (Lipinski definition) is 0. The van der Waals surface area contributed by atoms with Gasteiger partial charge in [-0.25, -0.2) is 0 Å². The zero-order valence-electron chi connectivity index (χ0n) is 33.8. The fraction of sp³-hybridized carbons (Fsp3) is 0.158. The minimum Gasteiger partial charge on any atom is -0.310 e. The van der Waals surface area contributed by atoms with Crippen molar-refractivity contribution in [2.24, 2.45) is 0 Å². The number of para-hydroxylation sites is 1. The molecule has 1 spiro atoms. The minimum atomic E-state index is -0.455. The molecule has 0 heterocycles. The zero-order valence-corrected chi connectivity index (χ0v) is 33.8. The Labute approximate surface area is 343 Å². The van der Waals surface area contributed by atoms with Crippen LogP contribution in [0.1, 0.15) is 73.9 Å². The molecule has 3 aliphatic carbocycles. The van der Waals surface area contributed by atoms with Crippen molar-refractivity contribution in [3.8, 4) is 44.5 Å². The minimum absolute atomic E-state index is 0.00903. The lowest BCUT2D eigenvalue weighted by atomic mass is 9.61. The lowest BCUT2D eigenvalue weighted by molar-refractivity contribution is 0.333. The van der Waals surface area contributed by atoms with Crippen molar-refractivity contribution in [3.63, 3.8) is 0 Å². The first-order valence-electron chi connectivity index (χ1n) is 20.9. The van der Waals surface area contributed by atoms with Crippen LogP contribution in [0.5, 0.6) is 0 Å². The SMILES string of the molecule is CC1(C)CCC(C)(C)c2c(-c3cc4c(cc3N(c3ccccc3)c3ccc(-c5ccccc5)cc3)C3(c5ccccc5-c5ccccc53)c3ccccc3-4)cccc21. The molecule has 1 heteroatoms. The summed E-state index contributed by atoms with van der Waals surface area (Å²) >= 11 is 0. The molecule has 1 nitrogen and oxygen atoms in total. The van der Waals surface area contributed by atoms with Crippen LogP contribution in [0, 0.1) is 0 Å². The van der Waals surface area contributed by atoms with Crippen molar-refractivity contribution in [3.05, 3.63) is 221 Å². The van der Waals surface area contributed by atoms with Crippen LogP contribution in [0.4, 0.5) is 17.1 Å². The molecule has 0 aliphatic heterocycles. The van der Waals surface area contributed by atoms with Crippen molar-refractivity contribution in [1.82, 2.24) is 0 Å². The van der Waals surface area contributed by atoms with E-state index in [-0.39, 0.29) is 10.8 Å². The summed E-state index contributed by atoms with van der Waals surface area (Å²) in [6, 6.07) is 70.6. The number of hydrogen-bond acceptors (Lipinski definition) is 1. The van der Waals surface area contributed by atoms with Gasteiger partial charge in [-0.15, -0.1) is 0 Å². The van der Waals surface area contributed by atoms with Crippen LogP contribution in [-0.4, -0.2) is 0 Å². The van der Waals surface area contributed by atoms with E-state index in [4.69, 9.17) is 0 Å². The molecule has 8 aromatic rings. The molecular formula is C57H47N. The van der Waals surface area contributed by atoms with E-state index in [1.165, 1.54) is 90.0 Å². The maximum absolute atomic E-state index is 2.59. The van der Waals surface area contributed by atoms with E-state index < -0.39 is 5.41 Å². The van der Waals surface area contributed by atoms with Gasteiger partial charge in [0.05, 0.1) is 11.1 Å². The summed E-state index contributed by atoms with van der Waals surface area (Å²) < 4.78 is 0. The normalized spacial score (nSPS) is 15.9. The average molecular weight is 746 g/mol. The van der Waals surface area contributed by atoms with Crippen molar-refractivity contribution >= 4 is 17.1 Å². The van der Waals surface area contributed by atoms with Crippen LogP contribution in [0.25, 0.3) is 44.5 Å². The van der Waals surface area contributed by atoms with Gasteiger partial charge >= 0.3 is 0 Å². The van der Waals surface area contributed by atoms with E-state index >= 15 is 0 Å². The van der Waals surface area contributed by atoms with Crippen LogP contribution in [0.2, 0.25) is 0 Å². The van der Waals surface area contributed by atoms with Crippen LogP contribution in [0.15, 0.2) is 188 Å². The molecule has 0 fully saturated rings. The lowest BCUT2D eigenvalue weighted by Crippen LogP contribution is -2.34. The second-order valence-corrected chi connectivity index (χ2v) is 17.9. The summed E-state index contributed by atoms with van der Waals surface area (Å²) in [5, 5.41) is 0. The van der Waals surface area contributed by atoms with Gasteiger partial charge in [-0.3, -0.25) is 0 Å². The summed E-state index contributed by atoms with van der Waals surface area (Å²) in [4.78, 5) is 2.52. The van der Waals surface area contributed by atoms with Gasteiger partial charge in [-0.2, -0.15) is 0 Å². The molecule has 0 saturated heterocycles. The Morgan fingerprint density at radius 1 is 0.345 bits per heavy atom. The van der Waals surface area contributed by atoms with Crippen molar-refractivity contribution in [1.29, 1.82) is 0 Å². The summed E-state index contributed by atoms with van der Waals surface area (Å²) in [7, 11) is 0. The van der Waals surface area contributed by atoms with Gasteiger partial charge < -0.3 is 4.90 Å². The third-order valence-corrected chi connectivity index (χ3v) is 13.7. The number of rotatable bonds is 5. The highest BCUT2D eigenvalue weighted by molar-refractivity contribution is 6.00. The zero-order chi connectivity index (χ0) is 39.2. The standard InChI is InChI=1S/C57H47N/c1-55(2)34-35-56(3,4)54-45(25-17-29-51(54)55)47-36-46-44-24-13-16-28-50(44)57(48-26-14-11-22-42(48)43-23-12-15-27-49(43)57)52(46)37-53(47)58(40-20-9-6-10-21-40)41-32-30-39(31-33-41)38-18-7-5-8-19-38/h5-33,36-37H,34-35H2,1-4H3. The smallest absolute Gasteiger partial charge is 0.0726 e. The van der Waals surface area contributed by atoms with Crippen molar-refractivity contribution in [2.45, 2.75) is 56.8 Å². The van der Waals surface area contributed by atoms with E-state index in [1.807, 2.05) is 0 Å². The third kappa shape index (κ3) is 4.96. The molecule has 58 heavy (non-hydrogen) atoms. The van der Waals surface area contributed by atoms with Gasteiger partial charge in [-0.05, 0) is 132 Å². The molecule has 280 valence electrons. The highest BCUT2D eigenvalue weighted by atomic mass is 15.1. The predicted molar refractivity (Wildman–Crippen MR) is 244 cm³/mol. The van der Waals surface area contributed by atoms with Gasteiger partial charge in [0.25, 0.3) is 0 Å². The predicted octanol–water partition coefficient (Wildman–Crippen LogP) is 15.2. The molecule has 0 aromatic heterocycles. The van der Waals surface area contributed by atoms with Crippen LogP contribution < -0.4 is 4.90 Å². The van der Waals surface area contributed by atoms with E-state index in [9.17, 15) is 0 Å². The topological polar surface area (TPSA) is 3.24 Å². The Morgan fingerprint density at radius 2 is 0.810 bits per heavy atom. The lowest BCUT2D eigenvalue weighted by Gasteiger charge is -2.43. The molecule has 0 N–H and O–H groups in total. The first-order chi connectivity index (χ1) is 28.3. The Bertz CT molecular complexity index is 2830. The third-order valence-electron chi connectivity index (χ3n) is 13.7. The van der Waals surface area contributed by atoms with E-state index in [1.54, 1.807) is 0 Å². The highest BCUT2D eigenvalue weighted by Crippen LogP contribution is 2.64. The molecule has 0 bridgehead atoms. The van der Waals surface area contributed by atoms with E-state index in [0.29, 0.717) is 0 Å². The largest absolute Gasteiger partial charge is 0.310 e. The fourth-order valence-corrected chi connectivity index (χ4v) is 10.9. The first-order valence-corrected chi connectivity index (χ1v) is 20.9. The quantitative estimate of drug-likeness (QED) is 0.170. The van der Waals surface area contributed by atoms with Gasteiger partial charge in [0.2, 0.25) is 0 Å². The molecule has 0 radical (unpaired) electrons. The van der Waals surface area contributed by atoms with Crippen molar-refractivity contribution in [2.75, 3.05) is 4.90 Å². The van der Waals surface area contributed by atoms with Gasteiger partial charge in [0.15, 0.2) is 0 Å². The Morgan fingerprint density at radius 3 is 1.43 bits per heavy atom. The Hall–Kier alpha value is -6.44. The van der Waals surface area contributed by atoms with Gasteiger partial charge in [0, 0.05) is 16.9 Å². The number of benzene rings is 8. The number of nitrogens with zero attached hydrogens (tertiary/aromatic N) is 1. The van der Waals surface area contributed by atoms with E-state index in [0.717, 1.165) is 17.8 Å². The summed E-state index contributed by atoms with van der Waals surface area (Å²) in [6.07, 6.45) is 2.32. The molecule has 0 amide bonds. The van der Waals surface area contributed by atoms with Crippen LogP contribution in [0.3, 0.4) is 0 Å². The maximum Gasteiger partial charge on any atom is 0.0726 e. The molecule has 8 aromatic carbocycles. The monoisotopic (exact) mass is 745 g/mol. The van der Waals surface area contributed by atoms with Crippen molar-refractivity contribution < 1.29 is 0 Å². The average Bonchev–Trinajstić information content (AvgIpc) is 3.73. The molecule has 3 aliphatic rings. The van der Waals surface area contributed by atoms with Gasteiger partial charge in [-0.1, -0.05) is 179 Å². The highest BCUT2D eigenvalue weighted by Gasteiger charge is 2.52. The molecule has 0 atom stereocenters. The second-order valence-electron chi connectivity index (χ2n) is 17.9. The molecular weight excluding hydrogens is 699 g/mol. The van der Waals surface area contributed by atoms with Crippen LogP contribution in [-0.2, 0) is 16.2 Å². The first kappa shape index (κ1) is 34.8. The van der Waals surface area contributed by atoms with Crippen LogP contribution >= 0.6 is 0 Å². The molecule has 0 unspecified atom stereocenters.